The number of para-hydroxylation sites is 3. The third kappa shape index (κ3) is 6.84. The topological polar surface area (TPSA) is 97.4 Å². The Morgan fingerprint density at radius 1 is 1.05 bits per heavy atom. The summed E-state index contributed by atoms with van der Waals surface area (Å²) in [7, 11) is 1.53. The molecular formula is C30H28ClN3O6S. The van der Waals surface area contributed by atoms with E-state index in [2.05, 4.69) is 10.2 Å². The fourth-order valence-corrected chi connectivity index (χ4v) is 5.42. The van der Waals surface area contributed by atoms with Crippen molar-refractivity contribution >= 4 is 57.9 Å². The van der Waals surface area contributed by atoms with Crippen LogP contribution >= 0.6 is 23.4 Å². The van der Waals surface area contributed by atoms with Crippen LogP contribution in [-0.2, 0) is 20.9 Å². The van der Waals surface area contributed by atoms with Crippen LogP contribution in [0.15, 0.2) is 71.6 Å². The number of carbonyl (C=O) groups excluding carboxylic acids is 3. The van der Waals surface area contributed by atoms with Gasteiger partial charge in [0, 0.05) is 23.7 Å². The molecule has 2 aliphatic rings. The minimum atomic E-state index is -0.553. The summed E-state index contributed by atoms with van der Waals surface area (Å²) in [5, 5.41) is 2.96. The van der Waals surface area contributed by atoms with Crippen molar-refractivity contribution in [2.45, 2.75) is 6.61 Å². The van der Waals surface area contributed by atoms with Gasteiger partial charge in [-0.15, -0.1) is 0 Å². The van der Waals surface area contributed by atoms with Gasteiger partial charge < -0.3 is 24.4 Å². The molecule has 9 nitrogen and oxygen atoms in total. The van der Waals surface area contributed by atoms with Crippen LogP contribution in [0.4, 0.5) is 16.2 Å². The fraction of sp³-hybridized carbons (Fsp3) is 0.233. The van der Waals surface area contributed by atoms with Gasteiger partial charge in [-0.1, -0.05) is 48.0 Å². The number of benzene rings is 3. The lowest BCUT2D eigenvalue weighted by Crippen LogP contribution is -2.38. The Balaban J connectivity index is 1.29. The number of anilines is 2. The molecule has 0 unspecified atom stereocenters. The predicted octanol–water partition coefficient (Wildman–Crippen LogP) is 5.44. The van der Waals surface area contributed by atoms with Gasteiger partial charge in [0.1, 0.15) is 13.2 Å². The zero-order valence-electron chi connectivity index (χ0n) is 22.3. The second-order valence-corrected chi connectivity index (χ2v) is 10.7. The standard InChI is InChI=1S/C30H28ClN3O6S/c1-38-25-8-4-5-21(28(25)40-19-20-9-11-22(31)12-10-20)17-26-29(36)34(30(37)41-26)18-27(35)32-23-6-2-3-7-24(23)33-13-15-39-16-14-33/h2-12,17H,13-16,18-19H2,1H3,(H,32,35)/b26-17+. The summed E-state index contributed by atoms with van der Waals surface area (Å²) < 4.78 is 17.0. The molecule has 212 valence electrons. The molecule has 2 aliphatic heterocycles. The molecule has 0 saturated carbocycles. The first kappa shape index (κ1) is 28.5. The van der Waals surface area contributed by atoms with Crippen molar-refractivity contribution in [3.05, 3.63) is 87.8 Å². The summed E-state index contributed by atoms with van der Waals surface area (Å²) in [6, 6.07) is 20.0. The van der Waals surface area contributed by atoms with Gasteiger partial charge >= 0.3 is 0 Å². The molecule has 1 N–H and O–H groups in total. The Morgan fingerprint density at radius 3 is 2.56 bits per heavy atom. The van der Waals surface area contributed by atoms with Crippen molar-refractivity contribution < 1.29 is 28.6 Å². The molecule has 3 amide bonds. The predicted molar refractivity (Wildman–Crippen MR) is 160 cm³/mol. The summed E-state index contributed by atoms with van der Waals surface area (Å²) >= 11 is 6.75. The van der Waals surface area contributed by atoms with E-state index in [1.807, 2.05) is 30.3 Å². The van der Waals surface area contributed by atoms with Gasteiger partial charge in [-0.3, -0.25) is 19.3 Å². The average molecular weight is 594 g/mol. The van der Waals surface area contributed by atoms with Gasteiger partial charge in [0.15, 0.2) is 11.5 Å². The van der Waals surface area contributed by atoms with E-state index in [1.54, 1.807) is 42.5 Å². The number of morpholine rings is 1. The maximum absolute atomic E-state index is 13.2. The van der Waals surface area contributed by atoms with Crippen molar-refractivity contribution in [1.82, 2.24) is 4.90 Å². The number of ether oxygens (including phenoxy) is 3. The lowest BCUT2D eigenvalue weighted by Gasteiger charge is -2.30. The number of imide groups is 1. The SMILES string of the molecule is COc1cccc(/C=C2/SC(=O)N(CC(=O)Nc3ccccc3N3CCOCC3)C2=O)c1OCc1ccc(Cl)cc1. The van der Waals surface area contributed by atoms with Crippen LogP contribution in [0.2, 0.25) is 5.02 Å². The van der Waals surface area contributed by atoms with Crippen molar-refractivity contribution in [1.29, 1.82) is 0 Å². The van der Waals surface area contributed by atoms with Crippen LogP contribution in [0.25, 0.3) is 6.08 Å². The largest absolute Gasteiger partial charge is 0.493 e. The van der Waals surface area contributed by atoms with E-state index in [1.165, 1.54) is 7.11 Å². The number of halogens is 1. The summed E-state index contributed by atoms with van der Waals surface area (Å²) in [6.45, 7) is 2.45. The van der Waals surface area contributed by atoms with E-state index in [0.29, 0.717) is 54.1 Å². The molecule has 0 aliphatic carbocycles. The second kappa shape index (κ2) is 13.1. The first-order valence-electron chi connectivity index (χ1n) is 12.9. The monoisotopic (exact) mass is 593 g/mol. The Kier molecular flexibility index (Phi) is 9.13. The first-order chi connectivity index (χ1) is 19.9. The number of hydrogen-bond donors (Lipinski definition) is 1. The number of hydrogen-bond acceptors (Lipinski definition) is 8. The highest BCUT2D eigenvalue weighted by molar-refractivity contribution is 8.18. The number of nitrogens with one attached hydrogen (secondary N) is 1. The number of rotatable bonds is 9. The highest BCUT2D eigenvalue weighted by Gasteiger charge is 2.36. The van der Waals surface area contributed by atoms with Crippen molar-refractivity contribution in [2.75, 3.05) is 50.2 Å². The van der Waals surface area contributed by atoms with Gasteiger partial charge in [0.2, 0.25) is 5.91 Å². The van der Waals surface area contributed by atoms with E-state index < -0.39 is 23.6 Å². The Hall–Kier alpha value is -3.99. The highest BCUT2D eigenvalue weighted by atomic mass is 35.5. The number of nitrogens with zero attached hydrogens (tertiary/aromatic N) is 2. The summed E-state index contributed by atoms with van der Waals surface area (Å²) in [5.74, 6) is -0.120. The quantitative estimate of drug-likeness (QED) is 0.328. The smallest absolute Gasteiger partial charge is 0.294 e. The van der Waals surface area contributed by atoms with Crippen molar-refractivity contribution in [3.63, 3.8) is 0 Å². The number of carbonyl (C=O) groups is 3. The Labute approximate surface area is 247 Å². The zero-order chi connectivity index (χ0) is 28.8. The number of thioether (sulfide) groups is 1. The van der Waals surface area contributed by atoms with Gasteiger partial charge in [0.25, 0.3) is 11.1 Å². The third-order valence-corrected chi connectivity index (χ3v) is 7.68. The summed E-state index contributed by atoms with van der Waals surface area (Å²) in [6.07, 6.45) is 1.58. The molecule has 0 spiro atoms. The fourth-order valence-electron chi connectivity index (χ4n) is 4.47. The van der Waals surface area contributed by atoms with Gasteiger partial charge in [-0.05, 0) is 53.7 Å². The molecule has 2 fully saturated rings. The average Bonchev–Trinajstić information content (AvgIpc) is 3.25. The van der Waals surface area contributed by atoms with Crippen LogP contribution < -0.4 is 19.7 Å². The maximum atomic E-state index is 13.2. The molecule has 0 aromatic heterocycles. The molecule has 0 bridgehead atoms. The van der Waals surface area contributed by atoms with Crippen LogP contribution in [0, 0.1) is 0 Å². The molecule has 2 saturated heterocycles. The van der Waals surface area contributed by atoms with Crippen LogP contribution in [0.5, 0.6) is 11.5 Å². The molecule has 2 heterocycles. The zero-order valence-corrected chi connectivity index (χ0v) is 23.9. The molecule has 3 aromatic carbocycles. The van der Waals surface area contributed by atoms with Gasteiger partial charge in [-0.2, -0.15) is 0 Å². The molecule has 41 heavy (non-hydrogen) atoms. The molecule has 0 atom stereocenters. The minimum absolute atomic E-state index is 0.182. The van der Waals surface area contributed by atoms with Crippen molar-refractivity contribution in [3.8, 4) is 11.5 Å². The highest BCUT2D eigenvalue weighted by Crippen LogP contribution is 2.38. The van der Waals surface area contributed by atoms with Gasteiger partial charge in [0.05, 0.1) is 36.6 Å². The number of methoxy groups -OCH3 is 1. The second-order valence-electron chi connectivity index (χ2n) is 9.23. The maximum Gasteiger partial charge on any atom is 0.294 e. The van der Waals surface area contributed by atoms with Crippen LogP contribution in [-0.4, -0.2) is 61.9 Å². The van der Waals surface area contributed by atoms with E-state index in [0.717, 1.165) is 27.9 Å². The molecule has 5 rings (SSSR count). The normalized spacial score (nSPS) is 16.3. The Bertz CT molecular complexity index is 1470. The Morgan fingerprint density at radius 2 is 1.80 bits per heavy atom. The molecule has 0 radical (unpaired) electrons. The van der Waals surface area contributed by atoms with Crippen LogP contribution in [0.3, 0.4) is 0 Å². The number of amides is 3. The lowest BCUT2D eigenvalue weighted by molar-refractivity contribution is -0.127. The van der Waals surface area contributed by atoms with E-state index in [4.69, 9.17) is 25.8 Å². The van der Waals surface area contributed by atoms with Gasteiger partial charge in [-0.25, -0.2) is 0 Å². The van der Waals surface area contributed by atoms with E-state index in [9.17, 15) is 14.4 Å². The van der Waals surface area contributed by atoms with E-state index >= 15 is 0 Å². The van der Waals surface area contributed by atoms with Crippen LogP contribution in [0.1, 0.15) is 11.1 Å². The lowest BCUT2D eigenvalue weighted by atomic mass is 10.1. The minimum Gasteiger partial charge on any atom is -0.493 e. The summed E-state index contributed by atoms with van der Waals surface area (Å²) in [5.41, 5.74) is 2.93. The van der Waals surface area contributed by atoms with E-state index in [-0.39, 0.29) is 11.5 Å². The third-order valence-electron chi connectivity index (χ3n) is 6.52. The molecule has 11 heteroatoms. The summed E-state index contributed by atoms with van der Waals surface area (Å²) in [4.78, 5) is 42.2. The molecule has 3 aromatic rings. The first-order valence-corrected chi connectivity index (χ1v) is 14.1. The molecular weight excluding hydrogens is 566 g/mol. The van der Waals surface area contributed by atoms with Crippen molar-refractivity contribution in [2.24, 2.45) is 0 Å².